The van der Waals surface area contributed by atoms with E-state index in [1.807, 2.05) is 31.1 Å². The first-order valence-corrected chi connectivity index (χ1v) is 10.0. The highest BCUT2D eigenvalue weighted by atomic mass is 16.6. The number of esters is 1. The minimum Gasteiger partial charge on any atom is -0.508 e. The van der Waals surface area contributed by atoms with Crippen LogP contribution in [-0.2, 0) is 39.6 Å². The third kappa shape index (κ3) is 2.72. The van der Waals surface area contributed by atoms with Crippen LogP contribution in [0.1, 0.15) is 29.2 Å². The Morgan fingerprint density at radius 1 is 1.29 bits per heavy atom. The lowest BCUT2D eigenvalue weighted by atomic mass is 9.89. The lowest BCUT2D eigenvalue weighted by Crippen LogP contribution is -2.44. The molecule has 0 saturated heterocycles. The molecule has 0 amide bonds. The second kappa shape index (κ2) is 6.63. The van der Waals surface area contributed by atoms with E-state index >= 15 is 0 Å². The van der Waals surface area contributed by atoms with Crippen LogP contribution in [0.4, 0.5) is 0 Å². The molecule has 1 N–H and O–H groups in total. The van der Waals surface area contributed by atoms with Gasteiger partial charge < -0.3 is 24.0 Å². The van der Waals surface area contributed by atoms with Gasteiger partial charge in [-0.05, 0) is 45.3 Å². The molecule has 5 rings (SSSR count). The fourth-order valence-corrected chi connectivity index (χ4v) is 4.52. The Bertz CT molecular complexity index is 1330. The molecule has 1 atom stereocenters. The second-order valence-corrected chi connectivity index (χ2v) is 8.49. The smallest absolute Gasteiger partial charge is 0.343 e. The van der Waals surface area contributed by atoms with Crippen molar-refractivity contribution in [3.8, 4) is 17.1 Å². The highest BCUT2D eigenvalue weighted by Crippen LogP contribution is 2.39. The highest BCUT2D eigenvalue weighted by Gasteiger charge is 2.44. The number of hydrogen-bond acceptors (Lipinski definition) is 7. The summed E-state index contributed by atoms with van der Waals surface area (Å²) >= 11 is 0. The Labute approximate surface area is 178 Å². The summed E-state index contributed by atoms with van der Waals surface area (Å²) in [6.45, 7) is 2.48. The third-order valence-electron chi connectivity index (χ3n) is 6.27. The van der Waals surface area contributed by atoms with E-state index in [0.717, 1.165) is 22.0 Å². The van der Waals surface area contributed by atoms with Crippen LogP contribution in [0, 0.1) is 0 Å². The van der Waals surface area contributed by atoms with Crippen LogP contribution in [-0.4, -0.2) is 46.7 Å². The zero-order valence-corrected chi connectivity index (χ0v) is 17.9. The largest absolute Gasteiger partial charge is 0.508 e. The average molecular weight is 421 g/mol. The number of fused-ring (bicyclic) bond motifs is 5. The molecule has 0 aliphatic carbocycles. The van der Waals surface area contributed by atoms with Crippen molar-refractivity contribution >= 4 is 16.9 Å². The van der Waals surface area contributed by atoms with Gasteiger partial charge in [0.1, 0.15) is 12.4 Å². The molecule has 0 unspecified atom stereocenters. The standard InChI is InChI=1S/C23H23N3O5/c1-23(30-4)16-8-18-20-12(9-26(18)21(28)15(16)11-31-22(23)29)7-13-14(10-25(2)3)19(27)6-5-17(13)24-20/h5-8,27H,9-11H2,1-4H3/t23-/m0/s1. The molecular formula is C23H23N3O5. The number of benzene rings is 1. The molecule has 0 bridgehead atoms. The van der Waals surface area contributed by atoms with Crippen molar-refractivity contribution in [3.05, 3.63) is 56.9 Å². The molecule has 0 fully saturated rings. The summed E-state index contributed by atoms with van der Waals surface area (Å²) in [6.07, 6.45) is 0. The third-order valence-corrected chi connectivity index (χ3v) is 6.27. The second-order valence-electron chi connectivity index (χ2n) is 8.49. The van der Waals surface area contributed by atoms with E-state index in [1.165, 1.54) is 7.11 Å². The zero-order chi connectivity index (χ0) is 22.1. The molecular weight excluding hydrogens is 398 g/mol. The number of phenolic OH excluding ortho intramolecular Hbond substituents is 1. The number of hydrogen-bond donors (Lipinski definition) is 1. The molecule has 0 radical (unpaired) electrons. The van der Waals surface area contributed by atoms with Crippen LogP contribution in [0.3, 0.4) is 0 Å². The van der Waals surface area contributed by atoms with E-state index in [0.29, 0.717) is 35.6 Å². The first kappa shape index (κ1) is 19.7. The summed E-state index contributed by atoms with van der Waals surface area (Å²) in [6, 6.07) is 7.25. The predicted octanol–water partition coefficient (Wildman–Crippen LogP) is 2.11. The maximum Gasteiger partial charge on any atom is 0.343 e. The van der Waals surface area contributed by atoms with Crippen molar-refractivity contribution in [2.24, 2.45) is 0 Å². The van der Waals surface area contributed by atoms with Crippen LogP contribution in [0.25, 0.3) is 22.3 Å². The van der Waals surface area contributed by atoms with E-state index in [9.17, 15) is 14.7 Å². The number of pyridine rings is 2. The molecule has 160 valence electrons. The molecule has 2 aromatic heterocycles. The summed E-state index contributed by atoms with van der Waals surface area (Å²) < 4.78 is 12.4. The molecule has 3 aromatic rings. The predicted molar refractivity (Wildman–Crippen MR) is 114 cm³/mol. The average Bonchev–Trinajstić information content (AvgIpc) is 3.10. The molecule has 0 spiro atoms. The minimum absolute atomic E-state index is 0.0706. The fraction of sp³-hybridized carbons (Fsp3) is 0.348. The zero-order valence-electron chi connectivity index (χ0n) is 17.9. The summed E-state index contributed by atoms with van der Waals surface area (Å²) in [5, 5.41) is 11.3. The molecule has 0 saturated carbocycles. The van der Waals surface area contributed by atoms with Gasteiger partial charge in [-0.15, -0.1) is 0 Å². The van der Waals surface area contributed by atoms with E-state index in [1.54, 1.807) is 23.6 Å². The van der Waals surface area contributed by atoms with Crippen molar-refractivity contribution in [2.75, 3.05) is 21.2 Å². The van der Waals surface area contributed by atoms with Gasteiger partial charge in [-0.25, -0.2) is 9.78 Å². The minimum atomic E-state index is -1.34. The van der Waals surface area contributed by atoms with E-state index in [4.69, 9.17) is 14.5 Å². The topological polar surface area (TPSA) is 93.9 Å². The van der Waals surface area contributed by atoms with Crippen LogP contribution in [0.15, 0.2) is 29.1 Å². The van der Waals surface area contributed by atoms with Gasteiger partial charge >= 0.3 is 5.97 Å². The van der Waals surface area contributed by atoms with Gasteiger partial charge in [0, 0.05) is 35.7 Å². The van der Waals surface area contributed by atoms with Gasteiger partial charge in [-0.1, -0.05) is 0 Å². The van der Waals surface area contributed by atoms with Crippen LogP contribution < -0.4 is 5.56 Å². The number of rotatable bonds is 3. The van der Waals surface area contributed by atoms with Gasteiger partial charge in [-0.2, -0.15) is 0 Å². The van der Waals surface area contributed by atoms with E-state index in [-0.39, 0.29) is 17.9 Å². The van der Waals surface area contributed by atoms with E-state index < -0.39 is 11.6 Å². The molecule has 2 aliphatic heterocycles. The fourth-order valence-electron chi connectivity index (χ4n) is 4.52. The Morgan fingerprint density at radius 3 is 2.77 bits per heavy atom. The van der Waals surface area contributed by atoms with Crippen LogP contribution >= 0.6 is 0 Å². The lowest BCUT2D eigenvalue weighted by molar-refractivity contribution is -0.173. The SMILES string of the molecule is CO[C@]1(C)C(=O)OCc2c1cc1n(c2=O)Cc2cc3c(CN(C)C)c(O)ccc3nc2-1. The first-order valence-electron chi connectivity index (χ1n) is 10.0. The quantitative estimate of drug-likeness (QED) is 0.507. The van der Waals surface area contributed by atoms with Gasteiger partial charge in [0.2, 0.25) is 0 Å². The van der Waals surface area contributed by atoms with Gasteiger partial charge in [0.15, 0.2) is 5.60 Å². The number of carbonyl (C=O) groups excluding carboxylic acids is 1. The number of methoxy groups -OCH3 is 1. The normalized spacial score (nSPS) is 19.3. The summed E-state index contributed by atoms with van der Waals surface area (Å²) in [5.74, 6) is -0.294. The van der Waals surface area contributed by atoms with Gasteiger partial charge in [-0.3, -0.25) is 4.79 Å². The summed E-state index contributed by atoms with van der Waals surface area (Å²) in [7, 11) is 5.31. The number of carbonyl (C=O) groups is 1. The highest BCUT2D eigenvalue weighted by molar-refractivity contribution is 5.89. The number of ether oxygens (including phenoxy) is 2. The molecule has 1 aromatic carbocycles. The Hall–Kier alpha value is -3.23. The Balaban J connectivity index is 1.75. The van der Waals surface area contributed by atoms with Crippen molar-refractivity contribution in [2.45, 2.75) is 32.2 Å². The first-order chi connectivity index (χ1) is 14.7. The molecule has 2 aliphatic rings. The summed E-state index contributed by atoms with van der Waals surface area (Å²) in [4.78, 5) is 32.5. The van der Waals surface area contributed by atoms with Crippen molar-refractivity contribution in [3.63, 3.8) is 0 Å². The monoisotopic (exact) mass is 421 g/mol. The number of cyclic esters (lactones) is 1. The maximum absolute atomic E-state index is 13.3. The van der Waals surface area contributed by atoms with E-state index in [2.05, 4.69) is 0 Å². The van der Waals surface area contributed by atoms with Crippen LogP contribution in [0.2, 0.25) is 0 Å². The lowest BCUT2D eigenvalue weighted by Gasteiger charge is -2.32. The van der Waals surface area contributed by atoms with Crippen molar-refractivity contribution < 1.29 is 19.4 Å². The van der Waals surface area contributed by atoms with Gasteiger partial charge in [0.25, 0.3) is 5.56 Å². The maximum atomic E-state index is 13.3. The molecule has 8 nitrogen and oxygen atoms in total. The molecule has 4 heterocycles. The Kier molecular flexibility index (Phi) is 4.22. The Morgan fingerprint density at radius 2 is 2.06 bits per heavy atom. The number of aromatic hydroxyl groups is 1. The van der Waals surface area contributed by atoms with Crippen molar-refractivity contribution in [1.29, 1.82) is 0 Å². The van der Waals surface area contributed by atoms with Gasteiger partial charge in [0.05, 0.1) is 29.0 Å². The number of nitrogens with zero attached hydrogens (tertiary/aromatic N) is 3. The summed E-state index contributed by atoms with van der Waals surface area (Å²) in [5.41, 5.74) is 3.18. The molecule has 8 heteroatoms. The van der Waals surface area contributed by atoms with Crippen LogP contribution in [0.5, 0.6) is 5.75 Å². The van der Waals surface area contributed by atoms with Crippen molar-refractivity contribution in [1.82, 2.24) is 14.5 Å². The number of phenols is 1. The molecule has 31 heavy (non-hydrogen) atoms. The number of aromatic nitrogens is 2.